The summed E-state index contributed by atoms with van der Waals surface area (Å²) in [6.07, 6.45) is 6.15. The minimum atomic E-state index is 0.0432. The van der Waals surface area contributed by atoms with Gasteiger partial charge < -0.3 is 14.6 Å². The highest BCUT2D eigenvalue weighted by Crippen LogP contribution is 2.10. The molecule has 4 heteroatoms. The molecule has 1 aliphatic heterocycles. The quantitative estimate of drug-likeness (QED) is 0.794. The van der Waals surface area contributed by atoms with Gasteiger partial charge in [0.1, 0.15) is 6.54 Å². The smallest absolute Gasteiger partial charge is 0.240 e. The molecule has 1 saturated heterocycles. The van der Waals surface area contributed by atoms with Crippen molar-refractivity contribution < 1.29 is 9.53 Å². The first-order valence-electron chi connectivity index (χ1n) is 5.33. The van der Waals surface area contributed by atoms with Crippen LogP contribution in [0.25, 0.3) is 0 Å². The van der Waals surface area contributed by atoms with Crippen LogP contribution in [-0.2, 0) is 16.1 Å². The van der Waals surface area contributed by atoms with Crippen LogP contribution in [0, 0.1) is 0 Å². The van der Waals surface area contributed by atoms with Crippen LogP contribution in [0.15, 0.2) is 24.5 Å². The number of rotatable bonds is 4. The third kappa shape index (κ3) is 3.09. The molecule has 1 N–H and O–H groups in total. The van der Waals surface area contributed by atoms with Crippen LogP contribution in [-0.4, -0.2) is 29.7 Å². The van der Waals surface area contributed by atoms with Crippen molar-refractivity contribution in [2.24, 2.45) is 0 Å². The molecule has 1 aromatic heterocycles. The Labute approximate surface area is 89.2 Å². The topological polar surface area (TPSA) is 43.3 Å². The molecule has 0 spiro atoms. The predicted octanol–water partition coefficient (Wildman–Crippen LogP) is 0.783. The summed E-state index contributed by atoms with van der Waals surface area (Å²) in [6, 6.07) is 3.82. The Balaban J connectivity index is 1.68. The summed E-state index contributed by atoms with van der Waals surface area (Å²) in [6.45, 7) is 1.86. The Hall–Kier alpha value is -1.29. The second-order valence-electron chi connectivity index (χ2n) is 3.79. The number of hydrogen-bond acceptors (Lipinski definition) is 2. The highest BCUT2D eigenvalue weighted by atomic mass is 16.5. The third-order valence-electron chi connectivity index (χ3n) is 2.54. The Morgan fingerprint density at radius 3 is 2.93 bits per heavy atom. The molecule has 1 aliphatic rings. The maximum Gasteiger partial charge on any atom is 0.240 e. The summed E-state index contributed by atoms with van der Waals surface area (Å²) >= 11 is 0. The molecule has 1 amide bonds. The summed E-state index contributed by atoms with van der Waals surface area (Å²) in [5, 5.41) is 2.88. The van der Waals surface area contributed by atoms with Crippen molar-refractivity contribution in [3.8, 4) is 0 Å². The van der Waals surface area contributed by atoms with Crippen molar-refractivity contribution in [1.82, 2.24) is 9.88 Å². The molecule has 0 aromatic carbocycles. The minimum absolute atomic E-state index is 0.0432. The normalized spacial score (nSPS) is 20.4. The van der Waals surface area contributed by atoms with Crippen molar-refractivity contribution >= 4 is 5.91 Å². The van der Waals surface area contributed by atoms with Gasteiger partial charge in [0.25, 0.3) is 0 Å². The summed E-state index contributed by atoms with van der Waals surface area (Å²) < 4.78 is 7.27. The van der Waals surface area contributed by atoms with E-state index < -0.39 is 0 Å². The largest absolute Gasteiger partial charge is 0.376 e. The Bertz CT molecular complexity index is 302. The van der Waals surface area contributed by atoms with Crippen LogP contribution >= 0.6 is 0 Å². The first-order valence-corrected chi connectivity index (χ1v) is 5.33. The number of aromatic nitrogens is 1. The zero-order chi connectivity index (χ0) is 10.5. The van der Waals surface area contributed by atoms with Gasteiger partial charge in [-0.2, -0.15) is 0 Å². The van der Waals surface area contributed by atoms with E-state index in [1.807, 2.05) is 29.1 Å². The molecule has 1 aromatic rings. The lowest BCUT2D eigenvalue weighted by Gasteiger charge is -2.10. The molecule has 0 saturated carbocycles. The molecule has 4 nitrogen and oxygen atoms in total. The van der Waals surface area contributed by atoms with E-state index in [-0.39, 0.29) is 12.0 Å². The maximum absolute atomic E-state index is 11.5. The average molecular weight is 208 g/mol. The number of carbonyl (C=O) groups excluding carboxylic acids is 1. The van der Waals surface area contributed by atoms with Gasteiger partial charge in [-0.3, -0.25) is 4.79 Å². The number of amides is 1. The SMILES string of the molecule is O=C(Cn1cccc1)NCC1CCCO1. The van der Waals surface area contributed by atoms with Gasteiger partial charge in [0.05, 0.1) is 6.10 Å². The number of hydrogen-bond donors (Lipinski definition) is 1. The van der Waals surface area contributed by atoms with Gasteiger partial charge in [-0.1, -0.05) is 0 Å². The second kappa shape index (κ2) is 4.98. The molecule has 1 fully saturated rings. The third-order valence-corrected chi connectivity index (χ3v) is 2.54. The van der Waals surface area contributed by atoms with Gasteiger partial charge in [0.2, 0.25) is 5.91 Å². The Kier molecular flexibility index (Phi) is 3.40. The first-order chi connectivity index (χ1) is 7.34. The fraction of sp³-hybridized carbons (Fsp3) is 0.545. The van der Waals surface area contributed by atoms with Crippen molar-refractivity contribution in [2.75, 3.05) is 13.2 Å². The second-order valence-corrected chi connectivity index (χ2v) is 3.79. The lowest BCUT2D eigenvalue weighted by Crippen LogP contribution is -2.33. The van der Waals surface area contributed by atoms with E-state index in [1.54, 1.807) is 0 Å². The molecule has 2 heterocycles. The molecule has 1 unspecified atom stereocenters. The first kappa shape index (κ1) is 10.2. The fourth-order valence-corrected chi connectivity index (χ4v) is 1.73. The van der Waals surface area contributed by atoms with Gasteiger partial charge >= 0.3 is 0 Å². The number of ether oxygens (including phenoxy) is 1. The number of nitrogens with one attached hydrogen (secondary N) is 1. The molecular formula is C11H16N2O2. The highest BCUT2D eigenvalue weighted by molar-refractivity contribution is 5.75. The van der Waals surface area contributed by atoms with E-state index in [4.69, 9.17) is 4.74 Å². The van der Waals surface area contributed by atoms with Gasteiger partial charge in [0.15, 0.2) is 0 Å². The number of carbonyl (C=O) groups is 1. The van der Waals surface area contributed by atoms with Crippen LogP contribution < -0.4 is 5.32 Å². The van der Waals surface area contributed by atoms with Crippen molar-refractivity contribution in [3.05, 3.63) is 24.5 Å². The van der Waals surface area contributed by atoms with Crippen molar-refractivity contribution in [1.29, 1.82) is 0 Å². The standard InChI is InChI=1S/C11H16N2O2/c14-11(9-13-5-1-2-6-13)12-8-10-4-3-7-15-10/h1-2,5-6,10H,3-4,7-9H2,(H,12,14). The molecule has 1 atom stereocenters. The zero-order valence-corrected chi connectivity index (χ0v) is 8.69. The van der Waals surface area contributed by atoms with Gasteiger partial charge in [-0.25, -0.2) is 0 Å². The lowest BCUT2D eigenvalue weighted by molar-refractivity contribution is -0.122. The fourth-order valence-electron chi connectivity index (χ4n) is 1.73. The highest BCUT2D eigenvalue weighted by Gasteiger charge is 2.15. The predicted molar refractivity (Wildman–Crippen MR) is 56.4 cm³/mol. The van der Waals surface area contributed by atoms with Gasteiger partial charge in [-0.15, -0.1) is 0 Å². The molecule has 0 radical (unpaired) electrons. The molecule has 0 aliphatic carbocycles. The molecular weight excluding hydrogens is 192 g/mol. The van der Waals surface area contributed by atoms with E-state index in [2.05, 4.69) is 5.32 Å². The Morgan fingerprint density at radius 2 is 2.27 bits per heavy atom. The number of nitrogens with zero attached hydrogens (tertiary/aromatic N) is 1. The van der Waals surface area contributed by atoms with E-state index in [0.29, 0.717) is 13.1 Å². The van der Waals surface area contributed by atoms with Crippen LogP contribution in [0.1, 0.15) is 12.8 Å². The summed E-state index contributed by atoms with van der Waals surface area (Å²) in [4.78, 5) is 11.5. The monoisotopic (exact) mass is 208 g/mol. The van der Waals surface area contributed by atoms with Crippen LogP contribution in [0.4, 0.5) is 0 Å². The molecule has 82 valence electrons. The van der Waals surface area contributed by atoms with Crippen LogP contribution in [0.2, 0.25) is 0 Å². The van der Waals surface area contributed by atoms with Gasteiger partial charge in [-0.05, 0) is 25.0 Å². The van der Waals surface area contributed by atoms with Crippen LogP contribution in [0.3, 0.4) is 0 Å². The summed E-state index contributed by atoms with van der Waals surface area (Å²) in [5.41, 5.74) is 0. The Morgan fingerprint density at radius 1 is 1.47 bits per heavy atom. The molecule has 15 heavy (non-hydrogen) atoms. The minimum Gasteiger partial charge on any atom is -0.376 e. The van der Waals surface area contributed by atoms with Crippen molar-refractivity contribution in [3.63, 3.8) is 0 Å². The maximum atomic E-state index is 11.5. The van der Waals surface area contributed by atoms with E-state index in [0.717, 1.165) is 19.4 Å². The summed E-state index contributed by atoms with van der Waals surface area (Å²) in [7, 11) is 0. The lowest BCUT2D eigenvalue weighted by atomic mass is 10.2. The molecule has 0 bridgehead atoms. The van der Waals surface area contributed by atoms with Gasteiger partial charge in [0, 0.05) is 25.5 Å². The van der Waals surface area contributed by atoms with E-state index in [1.165, 1.54) is 0 Å². The summed E-state index contributed by atoms with van der Waals surface area (Å²) in [5.74, 6) is 0.0432. The van der Waals surface area contributed by atoms with Crippen molar-refractivity contribution in [2.45, 2.75) is 25.5 Å². The molecule has 2 rings (SSSR count). The van der Waals surface area contributed by atoms with Crippen LogP contribution in [0.5, 0.6) is 0 Å². The van der Waals surface area contributed by atoms with E-state index in [9.17, 15) is 4.79 Å². The average Bonchev–Trinajstić information content (AvgIpc) is 2.86. The zero-order valence-electron chi connectivity index (χ0n) is 8.69. The van der Waals surface area contributed by atoms with E-state index >= 15 is 0 Å².